The number of hydrogen-bond donors (Lipinski definition) is 2. The largest absolute Gasteiger partial charge is 0.464 e. The van der Waals surface area contributed by atoms with Crippen molar-refractivity contribution < 1.29 is 18.7 Å². The van der Waals surface area contributed by atoms with Crippen LogP contribution < -0.4 is 10.2 Å². The lowest BCUT2D eigenvalue weighted by Crippen LogP contribution is -2.34. The van der Waals surface area contributed by atoms with Crippen LogP contribution in [0.3, 0.4) is 0 Å². The topological polar surface area (TPSA) is 87.6 Å². The van der Waals surface area contributed by atoms with Gasteiger partial charge in [-0.05, 0) is 101 Å². The highest BCUT2D eigenvalue weighted by Gasteiger charge is 2.26. The number of furan rings is 1. The molecule has 2 aromatic heterocycles. The van der Waals surface area contributed by atoms with E-state index in [0.717, 1.165) is 63.5 Å². The monoisotopic (exact) mass is 569 g/mol. The van der Waals surface area contributed by atoms with Crippen molar-refractivity contribution in [1.29, 1.82) is 0 Å². The van der Waals surface area contributed by atoms with Gasteiger partial charge in [0, 0.05) is 47.9 Å². The molecule has 222 valence electrons. The summed E-state index contributed by atoms with van der Waals surface area (Å²) in [4.78, 5) is 31.6. The number of benzene rings is 2. The second-order valence-electron chi connectivity index (χ2n) is 12.5. The Morgan fingerprint density at radius 3 is 2.52 bits per heavy atom. The van der Waals surface area contributed by atoms with Crippen LogP contribution in [0.1, 0.15) is 86.3 Å². The second-order valence-corrected chi connectivity index (χ2v) is 12.5. The average Bonchev–Trinajstić information content (AvgIpc) is 3.51. The summed E-state index contributed by atoms with van der Waals surface area (Å²) in [5.41, 5.74) is 5.69. The van der Waals surface area contributed by atoms with E-state index in [0.29, 0.717) is 12.8 Å². The molecule has 1 fully saturated rings. The molecule has 1 unspecified atom stereocenters. The fraction of sp³-hybridized carbons (Fsp3) is 0.429. The third kappa shape index (κ3) is 7.07. The van der Waals surface area contributed by atoms with E-state index in [1.165, 1.54) is 19.3 Å². The molecule has 7 nitrogen and oxygen atoms in total. The summed E-state index contributed by atoms with van der Waals surface area (Å²) in [5.74, 6) is 1.31. The molecule has 4 aromatic rings. The van der Waals surface area contributed by atoms with Crippen LogP contribution in [-0.2, 0) is 27.2 Å². The molecule has 1 amide bonds. The van der Waals surface area contributed by atoms with Crippen molar-refractivity contribution in [3.05, 3.63) is 88.5 Å². The first-order valence-electron chi connectivity index (χ1n) is 15.1. The number of carbonyl (C=O) groups is 2. The molecule has 2 N–H and O–H groups in total. The van der Waals surface area contributed by atoms with E-state index in [4.69, 9.17) is 9.15 Å². The van der Waals surface area contributed by atoms with E-state index >= 15 is 0 Å². The molecule has 2 aromatic carbocycles. The molecule has 0 bridgehead atoms. The van der Waals surface area contributed by atoms with Crippen molar-refractivity contribution in [3.63, 3.8) is 0 Å². The summed E-state index contributed by atoms with van der Waals surface area (Å²) in [6.07, 6.45) is 6.63. The number of hydrogen-bond acceptors (Lipinski definition) is 5. The zero-order valence-electron chi connectivity index (χ0n) is 25.5. The number of nitrogens with zero attached hydrogens (tertiary/aromatic N) is 1. The number of ether oxygens (including phenoxy) is 1. The number of anilines is 1. The minimum Gasteiger partial charge on any atom is -0.464 e. The van der Waals surface area contributed by atoms with Crippen LogP contribution in [0.15, 0.2) is 59.1 Å². The maximum absolute atomic E-state index is 13.6. The Morgan fingerprint density at radius 2 is 1.81 bits per heavy atom. The van der Waals surface area contributed by atoms with Crippen molar-refractivity contribution in [2.24, 2.45) is 0 Å². The molecule has 1 saturated heterocycles. The smallest absolute Gasteiger partial charge is 0.306 e. The third-order valence-corrected chi connectivity index (χ3v) is 7.93. The zero-order chi connectivity index (χ0) is 29.9. The Kier molecular flexibility index (Phi) is 8.76. The van der Waals surface area contributed by atoms with E-state index in [1.54, 1.807) is 0 Å². The van der Waals surface area contributed by atoms with Gasteiger partial charge in [0.05, 0.1) is 6.42 Å². The number of nitrogens with one attached hydrogen (secondary N) is 2. The minimum absolute atomic E-state index is 0.0784. The van der Waals surface area contributed by atoms with E-state index in [9.17, 15) is 9.59 Å². The number of carbonyl (C=O) groups excluding carboxylic acids is 2. The summed E-state index contributed by atoms with van der Waals surface area (Å²) < 4.78 is 11.7. The number of aromatic amines is 1. The first-order valence-corrected chi connectivity index (χ1v) is 15.1. The number of aryl methyl sites for hydroxylation is 3. The van der Waals surface area contributed by atoms with Gasteiger partial charge in [0.2, 0.25) is 5.91 Å². The van der Waals surface area contributed by atoms with Gasteiger partial charge in [-0.25, -0.2) is 0 Å². The normalized spacial score (nSPS) is 14.6. The van der Waals surface area contributed by atoms with Crippen LogP contribution in [-0.4, -0.2) is 35.6 Å². The van der Waals surface area contributed by atoms with Crippen LogP contribution in [0.2, 0.25) is 0 Å². The van der Waals surface area contributed by atoms with Gasteiger partial charge in [-0.3, -0.25) is 9.59 Å². The molecule has 7 heteroatoms. The first kappa shape index (κ1) is 29.5. The lowest BCUT2D eigenvalue weighted by Gasteiger charge is -2.32. The van der Waals surface area contributed by atoms with Gasteiger partial charge in [0.25, 0.3) is 0 Å². The number of para-hydroxylation sites is 1. The van der Waals surface area contributed by atoms with Gasteiger partial charge in [-0.15, -0.1) is 0 Å². The number of rotatable bonds is 9. The standard InChI is InChI=1S/C35H43N3O4/c1-23-19-31(41-24(23)2)34(27-11-7-8-12-30(27)38-17-9-6-10-18-38)37-32(39)21-25-13-15-29-28(20-25)26(22-36-29)14-16-33(40)42-35(3,4)5/h7-8,11-13,15,19-20,22,34,36H,6,9-10,14,16-18,21H2,1-5H3,(H,37,39). The SMILES string of the molecule is Cc1cc(C(NC(=O)Cc2ccc3[nH]cc(CCC(=O)OC(C)(C)C)c3c2)c2ccccc2N2CCCCC2)oc1C. The van der Waals surface area contributed by atoms with Crippen LogP contribution in [0, 0.1) is 13.8 Å². The molecular formula is C35H43N3O4. The Morgan fingerprint density at radius 1 is 1.05 bits per heavy atom. The molecule has 0 spiro atoms. The average molecular weight is 570 g/mol. The van der Waals surface area contributed by atoms with Gasteiger partial charge >= 0.3 is 5.97 Å². The van der Waals surface area contributed by atoms with Crippen LogP contribution in [0.4, 0.5) is 5.69 Å². The zero-order valence-corrected chi connectivity index (χ0v) is 25.5. The number of H-pyrrole nitrogens is 1. The maximum atomic E-state index is 13.6. The molecule has 42 heavy (non-hydrogen) atoms. The predicted molar refractivity (Wildman–Crippen MR) is 167 cm³/mol. The van der Waals surface area contributed by atoms with Crippen molar-refractivity contribution in [2.45, 2.75) is 84.8 Å². The number of amides is 1. The van der Waals surface area contributed by atoms with Gasteiger partial charge in [0.15, 0.2) is 0 Å². The van der Waals surface area contributed by atoms with Crippen LogP contribution >= 0.6 is 0 Å². The minimum atomic E-state index is -0.503. The van der Waals surface area contributed by atoms with Gasteiger partial charge in [-0.2, -0.15) is 0 Å². The molecule has 0 radical (unpaired) electrons. The molecule has 0 saturated carbocycles. The lowest BCUT2D eigenvalue weighted by atomic mass is 9.98. The van der Waals surface area contributed by atoms with Gasteiger partial charge in [0.1, 0.15) is 23.2 Å². The Bertz CT molecular complexity index is 1530. The molecule has 3 heterocycles. The van der Waals surface area contributed by atoms with Gasteiger partial charge < -0.3 is 24.4 Å². The third-order valence-electron chi connectivity index (χ3n) is 7.93. The first-order chi connectivity index (χ1) is 20.1. The van der Waals surface area contributed by atoms with Crippen molar-refractivity contribution in [2.75, 3.05) is 18.0 Å². The Labute approximate surface area is 248 Å². The van der Waals surface area contributed by atoms with Gasteiger partial charge in [-0.1, -0.05) is 24.3 Å². The Balaban J connectivity index is 1.36. The molecule has 5 rings (SSSR count). The van der Waals surface area contributed by atoms with Crippen molar-refractivity contribution >= 4 is 28.5 Å². The highest BCUT2D eigenvalue weighted by atomic mass is 16.6. The highest BCUT2D eigenvalue weighted by Crippen LogP contribution is 2.34. The number of fused-ring (bicyclic) bond motifs is 1. The molecule has 1 aliphatic heterocycles. The Hall–Kier alpha value is -4.00. The number of esters is 1. The lowest BCUT2D eigenvalue weighted by molar-refractivity contribution is -0.154. The number of piperidine rings is 1. The highest BCUT2D eigenvalue weighted by molar-refractivity contribution is 5.87. The molecule has 0 aliphatic carbocycles. The van der Waals surface area contributed by atoms with E-state index < -0.39 is 11.6 Å². The fourth-order valence-electron chi connectivity index (χ4n) is 5.77. The summed E-state index contributed by atoms with van der Waals surface area (Å²) in [7, 11) is 0. The summed E-state index contributed by atoms with van der Waals surface area (Å²) >= 11 is 0. The summed E-state index contributed by atoms with van der Waals surface area (Å²) in [5, 5.41) is 4.33. The second kappa shape index (κ2) is 12.5. The molecular weight excluding hydrogens is 526 g/mol. The molecule has 1 aliphatic rings. The van der Waals surface area contributed by atoms with Crippen molar-refractivity contribution in [1.82, 2.24) is 10.3 Å². The number of aromatic nitrogens is 1. The predicted octanol–water partition coefficient (Wildman–Crippen LogP) is 7.09. The van der Waals surface area contributed by atoms with Crippen molar-refractivity contribution in [3.8, 4) is 0 Å². The van der Waals surface area contributed by atoms with E-state index in [1.807, 2.05) is 71.1 Å². The maximum Gasteiger partial charge on any atom is 0.306 e. The fourth-order valence-corrected chi connectivity index (χ4v) is 5.77. The molecule has 1 atom stereocenters. The van der Waals surface area contributed by atoms with E-state index in [-0.39, 0.29) is 18.3 Å². The van der Waals surface area contributed by atoms with Crippen LogP contribution in [0.25, 0.3) is 10.9 Å². The van der Waals surface area contributed by atoms with Crippen LogP contribution in [0.5, 0.6) is 0 Å². The quantitative estimate of drug-likeness (QED) is 0.210. The van der Waals surface area contributed by atoms with E-state index in [2.05, 4.69) is 33.4 Å². The summed E-state index contributed by atoms with van der Waals surface area (Å²) in [6, 6.07) is 16.0. The summed E-state index contributed by atoms with van der Waals surface area (Å²) in [6.45, 7) is 11.6.